The maximum atomic E-state index is 12.6. The number of primary sulfonamides is 1. The molecule has 0 radical (unpaired) electrons. The molecule has 0 aliphatic carbocycles. The van der Waals surface area contributed by atoms with Crippen LogP contribution in [0.5, 0.6) is 5.75 Å². The predicted octanol–water partition coefficient (Wildman–Crippen LogP) is 2.91. The number of anilines is 1. The number of hydrogen-bond donors (Lipinski definition) is 1. The van der Waals surface area contributed by atoms with Gasteiger partial charge in [-0.1, -0.05) is 23.6 Å². The monoisotopic (exact) mass is 418 g/mol. The molecule has 0 spiro atoms. The van der Waals surface area contributed by atoms with Gasteiger partial charge in [0.1, 0.15) is 12.4 Å². The highest BCUT2D eigenvalue weighted by molar-refractivity contribution is 7.89. The van der Waals surface area contributed by atoms with Gasteiger partial charge in [-0.25, -0.2) is 13.6 Å². The van der Waals surface area contributed by atoms with Gasteiger partial charge in [-0.05, 0) is 48.9 Å². The van der Waals surface area contributed by atoms with Crippen LogP contribution in [0.25, 0.3) is 0 Å². The molecule has 2 N–H and O–H groups in total. The molecule has 0 bridgehead atoms. The van der Waals surface area contributed by atoms with Gasteiger partial charge in [0.2, 0.25) is 15.9 Å². The molecule has 1 atom stereocenters. The Balaban J connectivity index is 1.83. The van der Waals surface area contributed by atoms with Crippen LogP contribution in [0.15, 0.2) is 47.4 Å². The summed E-state index contributed by atoms with van der Waals surface area (Å²) < 4.78 is 28.5. The molecular formula is C20H19ClN2O4S. The highest BCUT2D eigenvalue weighted by atomic mass is 35.5. The van der Waals surface area contributed by atoms with E-state index >= 15 is 0 Å². The van der Waals surface area contributed by atoms with Gasteiger partial charge in [-0.3, -0.25) is 4.79 Å². The van der Waals surface area contributed by atoms with E-state index in [-0.39, 0.29) is 23.3 Å². The van der Waals surface area contributed by atoms with Crippen LogP contribution >= 0.6 is 11.6 Å². The third-order valence-corrected chi connectivity index (χ3v) is 5.66. The van der Waals surface area contributed by atoms with Crippen molar-refractivity contribution in [1.82, 2.24) is 0 Å². The van der Waals surface area contributed by atoms with Gasteiger partial charge in [0.25, 0.3) is 0 Å². The average molecular weight is 419 g/mol. The lowest BCUT2D eigenvalue weighted by atomic mass is 9.97. The van der Waals surface area contributed by atoms with E-state index in [2.05, 4.69) is 11.8 Å². The van der Waals surface area contributed by atoms with Crippen molar-refractivity contribution in [3.63, 3.8) is 0 Å². The topological polar surface area (TPSA) is 89.7 Å². The molecule has 3 rings (SSSR count). The van der Waals surface area contributed by atoms with Gasteiger partial charge in [0.15, 0.2) is 0 Å². The molecule has 1 amide bonds. The van der Waals surface area contributed by atoms with Crippen LogP contribution in [0, 0.1) is 11.8 Å². The third kappa shape index (κ3) is 4.47. The SMILES string of the molecule is CC#CCOc1cc(Cl)ccc1C1CC(=O)N(c2ccc(S(N)(=O)=O)cc2)C1. The second-order valence-corrected chi connectivity index (χ2v) is 8.34. The second-order valence-electron chi connectivity index (χ2n) is 6.34. The third-order valence-electron chi connectivity index (χ3n) is 4.49. The summed E-state index contributed by atoms with van der Waals surface area (Å²) in [5.74, 6) is 6.09. The molecule has 146 valence electrons. The van der Waals surface area contributed by atoms with Gasteiger partial charge in [-0.15, -0.1) is 5.92 Å². The Labute approximate surface area is 169 Å². The quantitative estimate of drug-likeness (QED) is 0.756. The fraction of sp³-hybridized carbons (Fsp3) is 0.250. The summed E-state index contributed by atoms with van der Waals surface area (Å²) >= 11 is 6.09. The largest absolute Gasteiger partial charge is 0.481 e. The molecule has 2 aromatic rings. The normalized spacial score (nSPS) is 16.6. The highest BCUT2D eigenvalue weighted by Gasteiger charge is 2.33. The van der Waals surface area contributed by atoms with Gasteiger partial charge in [0, 0.05) is 29.6 Å². The molecule has 8 heteroatoms. The number of hydrogen-bond acceptors (Lipinski definition) is 4. The van der Waals surface area contributed by atoms with E-state index < -0.39 is 10.0 Å². The first-order valence-electron chi connectivity index (χ1n) is 8.54. The molecule has 28 heavy (non-hydrogen) atoms. The van der Waals surface area contributed by atoms with E-state index in [4.69, 9.17) is 21.5 Å². The summed E-state index contributed by atoms with van der Waals surface area (Å²) in [6.07, 6.45) is 0.314. The van der Waals surface area contributed by atoms with Crippen LogP contribution in [0.4, 0.5) is 5.69 Å². The van der Waals surface area contributed by atoms with Crippen LogP contribution in [0.1, 0.15) is 24.8 Å². The number of rotatable bonds is 5. The van der Waals surface area contributed by atoms with Gasteiger partial charge in [-0.2, -0.15) is 0 Å². The molecule has 6 nitrogen and oxygen atoms in total. The number of nitrogens with zero attached hydrogens (tertiary/aromatic N) is 1. The van der Waals surface area contributed by atoms with Crippen molar-refractivity contribution in [2.75, 3.05) is 18.1 Å². The average Bonchev–Trinajstić information content (AvgIpc) is 3.03. The number of amides is 1. The molecule has 2 aromatic carbocycles. The maximum absolute atomic E-state index is 12.6. The van der Waals surface area contributed by atoms with E-state index in [9.17, 15) is 13.2 Å². The summed E-state index contributed by atoms with van der Waals surface area (Å²) in [6, 6.07) is 11.3. The van der Waals surface area contributed by atoms with Crippen molar-refractivity contribution >= 4 is 33.2 Å². The molecule has 1 heterocycles. The first kappa shape index (κ1) is 20.2. The lowest BCUT2D eigenvalue weighted by Crippen LogP contribution is -2.24. The standard InChI is InChI=1S/C20H19ClN2O4S/c1-2-3-10-27-19-12-15(21)4-9-18(19)14-11-20(24)23(13-14)16-5-7-17(8-6-16)28(22,25)26/h4-9,12,14H,10-11,13H2,1H3,(H2,22,25,26). The zero-order valence-corrected chi connectivity index (χ0v) is 16.8. The summed E-state index contributed by atoms with van der Waals surface area (Å²) in [7, 11) is -3.77. The maximum Gasteiger partial charge on any atom is 0.238 e. The number of benzene rings is 2. The fourth-order valence-corrected chi connectivity index (χ4v) is 3.82. The van der Waals surface area contributed by atoms with Crippen molar-refractivity contribution < 1.29 is 17.9 Å². The summed E-state index contributed by atoms with van der Waals surface area (Å²) in [5.41, 5.74) is 1.51. The van der Waals surface area contributed by atoms with Gasteiger partial charge < -0.3 is 9.64 Å². The Kier molecular flexibility index (Phi) is 5.94. The van der Waals surface area contributed by atoms with Crippen molar-refractivity contribution in [3.05, 3.63) is 53.1 Å². The molecule has 1 aliphatic rings. The highest BCUT2D eigenvalue weighted by Crippen LogP contribution is 2.37. The Morgan fingerprint density at radius 1 is 1.25 bits per heavy atom. The first-order valence-corrected chi connectivity index (χ1v) is 10.5. The van der Waals surface area contributed by atoms with Crippen LogP contribution < -0.4 is 14.8 Å². The number of halogens is 1. The van der Waals surface area contributed by atoms with Crippen LogP contribution in [-0.4, -0.2) is 27.5 Å². The molecule has 0 aromatic heterocycles. The first-order chi connectivity index (χ1) is 13.3. The van der Waals surface area contributed by atoms with Crippen molar-refractivity contribution in [1.29, 1.82) is 0 Å². The summed E-state index contributed by atoms with van der Waals surface area (Å²) in [5, 5.41) is 5.67. The van der Waals surface area contributed by atoms with Crippen molar-refractivity contribution in [3.8, 4) is 17.6 Å². The summed E-state index contributed by atoms with van der Waals surface area (Å²) in [4.78, 5) is 14.2. The number of carbonyl (C=O) groups excluding carboxylic acids is 1. The molecule has 0 saturated carbocycles. The number of ether oxygens (including phenoxy) is 1. The molecule has 1 saturated heterocycles. The van der Waals surface area contributed by atoms with Crippen LogP contribution in [0.2, 0.25) is 5.02 Å². The second kappa shape index (κ2) is 8.23. The van der Waals surface area contributed by atoms with Crippen molar-refractivity contribution in [2.24, 2.45) is 5.14 Å². The minimum Gasteiger partial charge on any atom is -0.481 e. The fourth-order valence-electron chi connectivity index (χ4n) is 3.14. The van der Waals surface area contributed by atoms with E-state index in [0.29, 0.717) is 29.4 Å². The molecular weight excluding hydrogens is 400 g/mol. The van der Waals surface area contributed by atoms with Crippen LogP contribution in [0.3, 0.4) is 0 Å². The van der Waals surface area contributed by atoms with Crippen LogP contribution in [-0.2, 0) is 14.8 Å². The Morgan fingerprint density at radius 2 is 1.96 bits per heavy atom. The molecule has 1 fully saturated rings. The van der Waals surface area contributed by atoms with Gasteiger partial charge >= 0.3 is 0 Å². The lowest BCUT2D eigenvalue weighted by molar-refractivity contribution is -0.117. The minimum absolute atomic E-state index is 0.00451. The zero-order valence-electron chi connectivity index (χ0n) is 15.2. The minimum atomic E-state index is -3.77. The van der Waals surface area contributed by atoms with E-state index in [1.807, 2.05) is 6.07 Å². The molecule has 1 aliphatic heterocycles. The Bertz CT molecular complexity index is 1060. The zero-order chi connectivity index (χ0) is 20.3. The van der Waals surface area contributed by atoms with E-state index in [0.717, 1.165) is 5.56 Å². The number of carbonyl (C=O) groups is 1. The van der Waals surface area contributed by atoms with E-state index in [1.54, 1.807) is 36.1 Å². The van der Waals surface area contributed by atoms with E-state index in [1.165, 1.54) is 12.1 Å². The Morgan fingerprint density at radius 3 is 2.61 bits per heavy atom. The molecule has 1 unspecified atom stereocenters. The van der Waals surface area contributed by atoms with Gasteiger partial charge in [0.05, 0.1) is 4.90 Å². The summed E-state index contributed by atoms with van der Waals surface area (Å²) in [6.45, 7) is 2.42. The van der Waals surface area contributed by atoms with Crippen molar-refractivity contribution in [2.45, 2.75) is 24.2 Å². The number of nitrogens with two attached hydrogens (primary N) is 1. The Hall–Kier alpha value is -2.53. The smallest absolute Gasteiger partial charge is 0.238 e. The predicted molar refractivity (Wildman–Crippen MR) is 108 cm³/mol. The number of sulfonamides is 1. The lowest BCUT2D eigenvalue weighted by Gasteiger charge is -2.18.